The molecule has 1 amide bonds. The Morgan fingerprint density at radius 1 is 1.33 bits per heavy atom. The predicted molar refractivity (Wildman–Crippen MR) is 109 cm³/mol. The summed E-state index contributed by atoms with van der Waals surface area (Å²) in [6.45, 7) is 7.21. The van der Waals surface area contributed by atoms with Gasteiger partial charge in [0.1, 0.15) is 24.4 Å². The van der Waals surface area contributed by atoms with Gasteiger partial charge in [0.05, 0.1) is 24.9 Å². The van der Waals surface area contributed by atoms with Crippen LogP contribution in [-0.2, 0) is 19.0 Å². The quantitative estimate of drug-likeness (QED) is 0.465. The summed E-state index contributed by atoms with van der Waals surface area (Å²) in [6.07, 6.45) is 1.51. The van der Waals surface area contributed by atoms with E-state index >= 15 is 0 Å². The zero-order valence-electron chi connectivity index (χ0n) is 18.4. The predicted octanol–water partition coefficient (Wildman–Crippen LogP) is 0.875. The summed E-state index contributed by atoms with van der Waals surface area (Å²) >= 11 is 0. The van der Waals surface area contributed by atoms with Crippen LogP contribution in [0.4, 0.5) is 0 Å². The minimum absolute atomic E-state index is 0.0466. The Morgan fingerprint density at radius 2 is 2.07 bits per heavy atom. The number of hydrogen-bond acceptors (Lipinski definition) is 7. The van der Waals surface area contributed by atoms with Crippen molar-refractivity contribution in [3.05, 3.63) is 11.6 Å². The number of aliphatic hydroxyl groups excluding tert-OH is 3. The Balaban J connectivity index is 1.62. The van der Waals surface area contributed by atoms with E-state index in [0.717, 1.165) is 12.8 Å². The molecule has 8 nitrogen and oxygen atoms in total. The highest BCUT2D eigenvalue weighted by molar-refractivity contribution is 5.73. The number of nitrogens with one attached hydrogen (secondary N) is 1. The fraction of sp³-hybridized carbons (Fsp3) is 0.864. The SMILES string of the molecule is CC(=O)N[C@H]1[C@@H](O[C@@H](C)C[C@H]2C[C@H](C)[C@H]3CCC(C)=C[C@H]3O2)O[C@H](CO)[C@@H](O)[C@@H]1O. The summed E-state index contributed by atoms with van der Waals surface area (Å²) in [7, 11) is 0. The number of hydrogen-bond donors (Lipinski definition) is 4. The van der Waals surface area contributed by atoms with Crippen molar-refractivity contribution in [3.63, 3.8) is 0 Å². The molecule has 172 valence electrons. The first-order valence-corrected chi connectivity index (χ1v) is 11.1. The third kappa shape index (κ3) is 5.41. The average molecular weight is 428 g/mol. The molecule has 0 aromatic carbocycles. The normalized spacial score (nSPS) is 42.8. The number of carbonyl (C=O) groups excluding carboxylic acids is 1. The molecule has 2 saturated heterocycles. The highest BCUT2D eigenvalue weighted by Gasteiger charge is 2.46. The van der Waals surface area contributed by atoms with Crippen molar-refractivity contribution in [1.29, 1.82) is 0 Å². The lowest BCUT2D eigenvalue weighted by molar-refractivity contribution is -0.283. The van der Waals surface area contributed by atoms with Crippen LogP contribution in [0.2, 0.25) is 0 Å². The molecule has 3 aliphatic rings. The number of allylic oxidation sites excluding steroid dienone is 1. The molecular weight excluding hydrogens is 390 g/mol. The fourth-order valence-corrected chi connectivity index (χ4v) is 5.05. The van der Waals surface area contributed by atoms with E-state index in [1.54, 1.807) is 0 Å². The van der Waals surface area contributed by atoms with Crippen molar-refractivity contribution in [2.45, 2.75) is 102 Å². The molecule has 0 unspecified atom stereocenters. The molecule has 2 heterocycles. The van der Waals surface area contributed by atoms with Crippen LogP contribution >= 0.6 is 0 Å². The molecule has 0 aromatic heterocycles. The van der Waals surface area contributed by atoms with E-state index in [9.17, 15) is 20.1 Å². The summed E-state index contributed by atoms with van der Waals surface area (Å²) in [5.41, 5.74) is 1.38. The topological polar surface area (TPSA) is 117 Å². The number of ether oxygens (including phenoxy) is 3. The molecule has 0 spiro atoms. The Hall–Kier alpha value is -1.03. The van der Waals surface area contributed by atoms with E-state index in [2.05, 4.69) is 25.2 Å². The minimum Gasteiger partial charge on any atom is -0.394 e. The zero-order valence-corrected chi connectivity index (χ0v) is 18.4. The van der Waals surface area contributed by atoms with Crippen molar-refractivity contribution < 1.29 is 34.3 Å². The molecule has 0 bridgehead atoms. The summed E-state index contributed by atoms with van der Waals surface area (Å²) in [5.74, 6) is 0.765. The molecule has 0 saturated carbocycles. The van der Waals surface area contributed by atoms with Crippen LogP contribution in [0.1, 0.15) is 53.4 Å². The van der Waals surface area contributed by atoms with Crippen molar-refractivity contribution >= 4 is 5.91 Å². The van der Waals surface area contributed by atoms with Crippen molar-refractivity contribution in [1.82, 2.24) is 5.32 Å². The maximum absolute atomic E-state index is 11.6. The molecule has 4 N–H and O–H groups in total. The summed E-state index contributed by atoms with van der Waals surface area (Å²) in [4.78, 5) is 11.6. The molecule has 1 aliphatic carbocycles. The van der Waals surface area contributed by atoms with Gasteiger partial charge in [0.2, 0.25) is 5.91 Å². The molecule has 2 fully saturated rings. The monoisotopic (exact) mass is 427 g/mol. The van der Waals surface area contributed by atoms with E-state index in [4.69, 9.17) is 14.2 Å². The summed E-state index contributed by atoms with van der Waals surface area (Å²) < 4.78 is 18.1. The average Bonchev–Trinajstić information content (AvgIpc) is 2.66. The van der Waals surface area contributed by atoms with Crippen LogP contribution in [0.15, 0.2) is 11.6 Å². The first-order valence-electron chi connectivity index (χ1n) is 11.1. The molecule has 2 aliphatic heterocycles. The number of amides is 1. The Bertz CT molecular complexity index is 627. The Kier molecular flexibility index (Phi) is 7.92. The molecular formula is C22H37NO7. The second-order valence-corrected chi connectivity index (χ2v) is 9.27. The highest BCUT2D eigenvalue weighted by Crippen LogP contribution is 2.39. The van der Waals surface area contributed by atoms with Crippen LogP contribution in [0.5, 0.6) is 0 Å². The van der Waals surface area contributed by atoms with Gasteiger partial charge in [0, 0.05) is 6.92 Å². The summed E-state index contributed by atoms with van der Waals surface area (Å²) in [6, 6.07) is -0.928. The molecule has 0 aromatic rings. The second-order valence-electron chi connectivity index (χ2n) is 9.27. The van der Waals surface area contributed by atoms with E-state index in [1.807, 2.05) is 6.92 Å². The van der Waals surface area contributed by atoms with Crippen molar-refractivity contribution in [3.8, 4) is 0 Å². The lowest BCUT2D eigenvalue weighted by Gasteiger charge is -2.44. The fourth-order valence-electron chi connectivity index (χ4n) is 5.05. The van der Waals surface area contributed by atoms with Gasteiger partial charge in [-0.3, -0.25) is 4.79 Å². The third-order valence-electron chi connectivity index (χ3n) is 6.67. The standard InChI is InChI=1S/C22H37NO7/c1-11-5-6-16-12(2)8-15(29-17(16)7-11)9-13(3)28-22-19(23-14(4)25)21(27)20(26)18(10-24)30-22/h7,12-13,15-22,24,26-27H,5-6,8-10H2,1-4H3,(H,23,25)/t12-,13-,15+,16+,17+,18+,19+,20+,21+,22-/m0/s1. The van der Waals surface area contributed by atoms with E-state index < -0.39 is 37.3 Å². The van der Waals surface area contributed by atoms with Gasteiger partial charge in [0.15, 0.2) is 6.29 Å². The van der Waals surface area contributed by atoms with Crippen LogP contribution in [0.25, 0.3) is 0 Å². The molecule has 0 radical (unpaired) electrons. The molecule has 10 atom stereocenters. The first kappa shape index (κ1) is 23.6. The Labute approximate surface area is 178 Å². The van der Waals surface area contributed by atoms with Crippen LogP contribution in [0.3, 0.4) is 0 Å². The summed E-state index contributed by atoms with van der Waals surface area (Å²) in [5, 5.41) is 32.6. The number of carbonyl (C=O) groups is 1. The maximum Gasteiger partial charge on any atom is 0.217 e. The van der Waals surface area contributed by atoms with Crippen LogP contribution < -0.4 is 5.32 Å². The van der Waals surface area contributed by atoms with Gasteiger partial charge in [0.25, 0.3) is 0 Å². The van der Waals surface area contributed by atoms with Gasteiger partial charge >= 0.3 is 0 Å². The van der Waals surface area contributed by atoms with Gasteiger partial charge in [-0.25, -0.2) is 0 Å². The van der Waals surface area contributed by atoms with E-state index in [0.29, 0.717) is 18.3 Å². The zero-order chi connectivity index (χ0) is 22.0. The molecule has 3 rings (SSSR count). The third-order valence-corrected chi connectivity index (χ3v) is 6.67. The van der Waals surface area contributed by atoms with Gasteiger partial charge in [-0.15, -0.1) is 0 Å². The van der Waals surface area contributed by atoms with Crippen LogP contribution in [0, 0.1) is 11.8 Å². The second kappa shape index (κ2) is 10.1. The van der Waals surface area contributed by atoms with E-state index in [1.165, 1.54) is 18.9 Å². The van der Waals surface area contributed by atoms with Crippen LogP contribution in [-0.4, -0.2) is 76.8 Å². The Morgan fingerprint density at radius 3 is 2.73 bits per heavy atom. The smallest absolute Gasteiger partial charge is 0.217 e. The molecule has 30 heavy (non-hydrogen) atoms. The number of rotatable bonds is 6. The van der Waals surface area contributed by atoms with Crippen molar-refractivity contribution in [2.24, 2.45) is 11.8 Å². The maximum atomic E-state index is 11.6. The lowest BCUT2D eigenvalue weighted by Crippen LogP contribution is -2.65. The van der Waals surface area contributed by atoms with Gasteiger partial charge in [-0.1, -0.05) is 18.6 Å². The number of aliphatic hydroxyl groups is 3. The van der Waals surface area contributed by atoms with E-state index in [-0.39, 0.29) is 24.2 Å². The lowest BCUT2D eigenvalue weighted by atomic mass is 9.75. The molecule has 8 heteroatoms. The highest BCUT2D eigenvalue weighted by atomic mass is 16.7. The van der Waals surface area contributed by atoms with Gasteiger partial charge < -0.3 is 34.8 Å². The largest absolute Gasteiger partial charge is 0.394 e. The van der Waals surface area contributed by atoms with Gasteiger partial charge in [-0.05, 0) is 51.4 Å². The van der Waals surface area contributed by atoms with Gasteiger partial charge in [-0.2, -0.15) is 0 Å². The van der Waals surface area contributed by atoms with Crippen molar-refractivity contribution in [2.75, 3.05) is 6.61 Å². The minimum atomic E-state index is -1.32. The first-order chi connectivity index (χ1) is 14.2. The number of fused-ring (bicyclic) bond motifs is 1.